The second-order valence-electron chi connectivity index (χ2n) is 5.84. The van der Waals surface area contributed by atoms with Crippen molar-refractivity contribution in [2.45, 2.75) is 6.36 Å². The summed E-state index contributed by atoms with van der Waals surface area (Å²) in [6.07, 6.45) is -2.95. The number of hydrogen-bond acceptors (Lipinski definition) is 5. The van der Waals surface area contributed by atoms with E-state index in [-0.39, 0.29) is 10.9 Å². The molecular weight excluding hydrogens is 407 g/mol. The summed E-state index contributed by atoms with van der Waals surface area (Å²) in [5.74, 6) is -0.331. The van der Waals surface area contributed by atoms with Crippen LogP contribution in [0.25, 0.3) is 21.5 Å². The topological polar surface area (TPSA) is 91.9 Å². The van der Waals surface area contributed by atoms with Gasteiger partial charge in [-0.2, -0.15) is 0 Å². The summed E-state index contributed by atoms with van der Waals surface area (Å²) in [6.45, 7) is 0. The summed E-state index contributed by atoms with van der Waals surface area (Å²) in [5, 5.41) is 14.8. The second kappa shape index (κ2) is 7.43. The van der Waals surface area contributed by atoms with Gasteiger partial charge in [-0.1, -0.05) is 17.4 Å². The van der Waals surface area contributed by atoms with Gasteiger partial charge in [-0.15, -0.1) is 23.4 Å². The smallest absolute Gasteiger partial charge is 0.406 e. The number of aromatic amines is 1. The summed E-state index contributed by atoms with van der Waals surface area (Å²) in [4.78, 5) is 15.2. The molecule has 2 amide bonds. The van der Waals surface area contributed by atoms with E-state index in [9.17, 15) is 18.0 Å². The molecule has 0 fully saturated rings. The molecule has 2 aromatic heterocycles. The average Bonchev–Trinajstić information content (AvgIpc) is 3.30. The van der Waals surface area contributed by atoms with Crippen LogP contribution in [0.3, 0.4) is 0 Å². The summed E-state index contributed by atoms with van der Waals surface area (Å²) < 4.78 is 40.5. The van der Waals surface area contributed by atoms with E-state index in [2.05, 4.69) is 30.6 Å². The highest BCUT2D eigenvalue weighted by molar-refractivity contribution is 7.18. The fourth-order valence-corrected chi connectivity index (χ4v) is 3.32. The van der Waals surface area contributed by atoms with Crippen LogP contribution in [0.5, 0.6) is 5.75 Å². The molecule has 4 aromatic rings. The van der Waals surface area contributed by atoms with Gasteiger partial charge >= 0.3 is 12.4 Å². The predicted molar refractivity (Wildman–Crippen MR) is 103 cm³/mol. The lowest BCUT2D eigenvalue weighted by Gasteiger charge is -2.08. The molecule has 0 atom stereocenters. The quantitative estimate of drug-likeness (QED) is 0.422. The maximum Gasteiger partial charge on any atom is 0.573 e. The Bertz CT molecular complexity index is 1150. The molecule has 29 heavy (non-hydrogen) atoms. The first-order chi connectivity index (χ1) is 13.9. The zero-order valence-corrected chi connectivity index (χ0v) is 15.3. The van der Waals surface area contributed by atoms with E-state index >= 15 is 0 Å². The van der Waals surface area contributed by atoms with Gasteiger partial charge in [-0.05, 0) is 47.9 Å². The first-order valence-electron chi connectivity index (χ1n) is 8.20. The first kappa shape index (κ1) is 18.7. The van der Waals surface area contributed by atoms with Gasteiger partial charge in [0.05, 0.1) is 0 Å². The van der Waals surface area contributed by atoms with Crippen molar-refractivity contribution in [3.63, 3.8) is 0 Å². The number of aromatic nitrogens is 3. The number of benzene rings is 2. The van der Waals surface area contributed by atoms with Gasteiger partial charge in [0, 0.05) is 23.0 Å². The highest BCUT2D eigenvalue weighted by atomic mass is 32.1. The number of carbonyl (C=O) groups excluding carboxylic acids is 1. The largest absolute Gasteiger partial charge is 0.573 e. The van der Waals surface area contributed by atoms with Crippen molar-refractivity contribution in [2.24, 2.45) is 0 Å². The second-order valence-corrected chi connectivity index (χ2v) is 6.82. The first-order valence-corrected chi connectivity index (χ1v) is 9.02. The molecule has 0 saturated heterocycles. The number of ether oxygens (including phenoxy) is 1. The molecule has 0 spiro atoms. The Morgan fingerprint density at radius 2 is 1.83 bits per heavy atom. The number of alkyl halides is 3. The van der Waals surface area contributed by atoms with E-state index < -0.39 is 12.4 Å². The molecule has 11 heteroatoms. The van der Waals surface area contributed by atoms with Crippen LogP contribution in [-0.4, -0.2) is 27.6 Å². The van der Waals surface area contributed by atoms with E-state index in [0.29, 0.717) is 16.3 Å². The van der Waals surface area contributed by atoms with Crippen LogP contribution in [0.15, 0.2) is 54.7 Å². The van der Waals surface area contributed by atoms with Crippen LogP contribution in [0, 0.1) is 0 Å². The number of anilines is 2. The molecular formula is C18H12F3N5O2S. The molecule has 0 aliphatic rings. The standard InChI is InChI=1S/C18H12F3N5O2S/c19-18(20,21)28-13-5-2-11(3-6-13)15-25-26-17(29-15)24-16(27)23-12-4-1-10-7-8-22-14(10)9-12/h1-9,22H,(H2,23,24,26,27). The van der Waals surface area contributed by atoms with E-state index in [1.165, 1.54) is 24.3 Å². The number of nitrogens with one attached hydrogen (secondary N) is 3. The fraction of sp³-hybridized carbons (Fsp3) is 0.0556. The van der Waals surface area contributed by atoms with Crippen LogP contribution in [0.1, 0.15) is 0 Å². The highest BCUT2D eigenvalue weighted by Crippen LogP contribution is 2.29. The molecule has 0 aliphatic heterocycles. The fourth-order valence-electron chi connectivity index (χ4n) is 2.57. The number of urea groups is 1. The normalized spacial score (nSPS) is 11.4. The summed E-state index contributed by atoms with van der Waals surface area (Å²) in [6, 6.07) is 12.1. The number of rotatable bonds is 4. The van der Waals surface area contributed by atoms with Crippen molar-refractivity contribution < 1.29 is 22.7 Å². The Hall–Kier alpha value is -3.60. The number of carbonyl (C=O) groups is 1. The molecule has 0 saturated carbocycles. The van der Waals surface area contributed by atoms with E-state index in [1.807, 2.05) is 12.1 Å². The third-order valence-corrected chi connectivity index (χ3v) is 4.68. The molecule has 0 aliphatic carbocycles. The number of halogens is 3. The molecule has 0 bridgehead atoms. The monoisotopic (exact) mass is 419 g/mol. The van der Waals surface area contributed by atoms with Crippen molar-refractivity contribution in [1.29, 1.82) is 0 Å². The highest BCUT2D eigenvalue weighted by Gasteiger charge is 2.31. The Morgan fingerprint density at radius 1 is 1.03 bits per heavy atom. The minimum absolute atomic E-state index is 0.245. The van der Waals surface area contributed by atoms with Crippen molar-refractivity contribution in [2.75, 3.05) is 10.6 Å². The number of H-pyrrole nitrogens is 1. The van der Waals surface area contributed by atoms with Crippen LogP contribution in [-0.2, 0) is 0 Å². The van der Waals surface area contributed by atoms with Gasteiger partial charge in [-0.3, -0.25) is 5.32 Å². The van der Waals surface area contributed by atoms with E-state index in [1.54, 1.807) is 18.3 Å². The van der Waals surface area contributed by atoms with Crippen molar-refractivity contribution >= 4 is 39.1 Å². The van der Waals surface area contributed by atoms with Gasteiger partial charge in [0.15, 0.2) is 0 Å². The summed E-state index contributed by atoms with van der Waals surface area (Å²) in [7, 11) is 0. The lowest BCUT2D eigenvalue weighted by Crippen LogP contribution is -2.19. The maximum atomic E-state index is 12.2. The third kappa shape index (κ3) is 4.63. The lowest BCUT2D eigenvalue weighted by molar-refractivity contribution is -0.274. The minimum Gasteiger partial charge on any atom is -0.406 e. The maximum absolute atomic E-state index is 12.2. The van der Waals surface area contributed by atoms with Gasteiger partial charge < -0.3 is 15.0 Å². The Kier molecular flexibility index (Phi) is 4.80. The molecule has 2 heterocycles. The van der Waals surface area contributed by atoms with Crippen LogP contribution in [0.2, 0.25) is 0 Å². The van der Waals surface area contributed by atoms with Crippen molar-refractivity contribution in [1.82, 2.24) is 15.2 Å². The summed E-state index contributed by atoms with van der Waals surface area (Å²) in [5.41, 5.74) is 2.03. The SMILES string of the molecule is O=C(Nc1ccc2cc[nH]c2c1)Nc1nnc(-c2ccc(OC(F)(F)F)cc2)s1. The van der Waals surface area contributed by atoms with Gasteiger partial charge in [0.2, 0.25) is 5.13 Å². The van der Waals surface area contributed by atoms with Crippen molar-refractivity contribution in [3.8, 4) is 16.3 Å². The molecule has 2 aromatic carbocycles. The molecule has 4 rings (SSSR count). The number of fused-ring (bicyclic) bond motifs is 1. The predicted octanol–water partition coefficient (Wildman–Crippen LogP) is 5.23. The van der Waals surface area contributed by atoms with E-state index in [4.69, 9.17) is 0 Å². The van der Waals surface area contributed by atoms with Crippen LogP contribution in [0.4, 0.5) is 28.8 Å². The Morgan fingerprint density at radius 3 is 2.59 bits per heavy atom. The van der Waals surface area contributed by atoms with Crippen LogP contribution >= 0.6 is 11.3 Å². The average molecular weight is 419 g/mol. The van der Waals surface area contributed by atoms with Crippen LogP contribution < -0.4 is 15.4 Å². The Labute approximate surface area is 165 Å². The zero-order valence-electron chi connectivity index (χ0n) is 14.4. The molecule has 0 unspecified atom stereocenters. The Balaban J connectivity index is 1.40. The number of nitrogens with zero attached hydrogens (tertiary/aromatic N) is 2. The van der Waals surface area contributed by atoms with Gasteiger partial charge in [-0.25, -0.2) is 4.79 Å². The van der Waals surface area contributed by atoms with Gasteiger partial charge in [0.25, 0.3) is 0 Å². The molecule has 0 radical (unpaired) electrons. The number of amides is 2. The van der Waals surface area contributed by atoms with Gasteiger partial charge in [0.1, 0.15) is 10.8 Å². The third-order valence-electron chi connectivity index (χ3n) is 3.79. The van der Waals surface area contributed by atoms with Crippen molar-refractivity contribution in [3.05, 3.63) is 54.7 Å². The van der Waals surface area contributed by atoms with E-state index in [0.717, 1.165) is 22.2 Å². The molecule has 7 nitrogen and oxygen atoms in total. The summed E-state index contributed by atoms with van der Waals surface area (Å²) >= 11 is 1.08. The minimum atomic E-state index is -4.75. The molecule has 3 N–H and O–H groups in total. The molecule has 148 valence electrons. The zero-order chi connectivity index (χ0) is 20.4. The number of hydrogen-bond donors (Lipinski definition) is 3. The lowest BCUT2D eigenvalue weighted by atomic mass is 10.2.